The maximum atomic E-state index is 5.73. The summed E-state index contributed by atoms with van der Waals surface area (Å²) in [6.07, 6.45) is 19.0. The summed E-state index contributed by atoms with van der Waals surface area (Å²) < 4.78 is 5.73. The van der Waals surface area contributed by atoms with E-state index in [1.165, 1.54) is 22.3 Å². The van der Waals surface area contributed by atoms with E-state index in [0.717, 1.165) is 44.1 Å². The van der Waals surface area contributed by atoms with Crippen molar-refractivity contribution in [3.05, 3.63) is 70.9 Å². The van der Waals surface area contributed by atoms with Crippen LogP contribution in [0, 0.1) is 0 Å². The Bertz CT molecular complexity index is 897. The normalized spacial score (nSPS) is 12.9. The van der Waals surface area contributed by atoms with Crippen molar-refractivity contribution in [3.8, 4) is 11.5 Å². The van der Waals surface area contributed by atoms with Crippen molar-refractivity contribution in [2.45, 2.75) is 73.1 Å². The van der Waals surface area contributed by atoms with E-state index >= 15 is 0 Å². The minimum absolute atomic E-state index is 0.524. The summed E-state index contributed by atoms with van der Waals surface area (Å²) in [6.45, 7) is 10.9. The Hall–Kier alpha value is -2.75. The Kier molecular flexibility index (Phi) is 9.99. The lowest BCUT2D eigenvalue weighted by molar-refractivity contribution is 0.556. The highest BCUT2D eigenvalue weighted by Crippen LogP contribution is 2.19. The molecule has 30 heavy (non-hydrogen) atoms. The molecule has 4 nitrogen and oxygen atoms in total. The fourth-order valence-electron chi connectivity index (χ4n) is 3.07. The van der Waals surface area contributed by atoms with E-state index in [-0.39, 0.29) is 0 Å². The first-order valence-corrected chi connectivity index (χ1v) is 10.8. The summed E-state index contributed by atoms with van der Waals surface area (Å²) in [6, 6.07) is 3.72. The minimum Gasteiger partial charge on any atom is -0.417 e. The van der Waals surface area contributed by atoms with E-state index in [4.69, 9.17) is 4.42 Å². The zero-order chi connectivity index (χ0) is 21.8. The van der Waals surface area contributed by atoms with Gasteiger partial charge < -0.3 is 4.42 Å². The number of pyridine rings is 1. The Morgan fingerprint density at radius 1 is 0.767 bits per heavy atom. The third-order valence-corrected chi connectivity index (χ3v) is 4.89. The molecule has 0 atom stereocenters. The average molecular weight is 406 g/mol. The summed E-state index contributed by atoms with van der Waals surface area (Å²) in [5.41, 5.74) is 6.46. The predicted octanol–water partition coefficient (Wildman–Crippen LogP) is 7.73. The van der Waals surface area contributed by atoms with Gasteiger partial charge in [0.2, 0.25) is 11.8 Å². The van der Waals surface area contributed by atoms with Crippen LogP contribution in [0.5, 0.6) is 0 Å². The lowest BCUT2D eigenvalue weighted by atomic mass is 10.0. The van der Waals surface area contributed by atoms with Gasteiger partial charge in [0.05, 0.1) is 0 Å². The Morgan fingerprint density at radius 2 is 1.33 bits per heavy atom. The molecule has 2 heterocycles. The zero-order valence-corrected chi connectivity index (χ0v) is 19.1. The van der Waals surface area contributed by atoms with Crippen molar-refractivity contribution in [1.29, 1.82) is 0 Å². The second kappa shape index (κ2) is 12.7. The molecule has 2 aromatic heterocycles. The monoisotopic (exact) mass is 405 g/mol. The molecular formula is C26H35N3O. The molecule has 2 rings (SSSR count). The van der Waals surface area contributed by atoms with Crippen LogP contribution >= 0.6 is 0 Å². The number of aromatic nitrogens is 3. The van der Waals surface area contributed by atoms with Crippen LogP contribution < -0.4 is 0 Å². The van der Waals surface area contributed by atoms with Crippen molar-refractivity contribution >= 4 is 6.08 Å². The number of nitrogens with zero attached hydrogens (tertiary/aromatic N) is 3. The van der Waals surface area contributed by atoms with Crippen molar-refractivity contribution in [3.63, 3.8) is 0 Å². The third-order valence-electron chi connectivity index (χ3n) is 4.89. The highest BCUT2D eigenvalue weighted by molar-refractivity contribution is 5.52. The smallest absolute Gasteiger partial charge is 0.248 e. The van der Waals surface area contributed by atoms with Gasteiger partial charge in [-0.3, -0.25) is 4.98 Å². The van der Waals surface area contributed by atoms with Crippen LogP contribution in [-0.2, 0) is 0 Å². The Morgan fingerprint density at radius 3 is 1.93 bits per heavy atom. The van der Waals surface area contributed by atoms with Crippen LogP contribution in [0.4, 0.5) is 0 Å². The molecule has 160 valence electrons. The fraction of sp³-hybridized carbons (Fsp3) is 0.423. The van der Waals surface area contributed by atoms with Gasteiger partial charge in [-0.1, -0.05) is 40.5 Å². The molecule has 0 aliphatic rings. The molecule has 0 fully saturated rings. The molecule has 0 radical (unpaired) electrons. The third kappa shape index (κ3) is 9.17. The molecule has 0 saturated heterocycles. The molecule has 4 heteroatoms. The van der Waals surface area contributed by atoms with Crippen LogP contribution in [0.25, 0.3) is 17.5 Å². The summed E-state index contributed by atoms with van der Waals surface area (Å²) in [7, 11) is 0. The highest BCUT2D eigenvalue weighted by Gasteiger charge is 2.06. The van der Waals surface area contributed by atoms with E-state index in [2.05, 4.69) is 68.0 Å². The van der Waals surface area contributed by atoms with Gasteiger partial charge >= 0.3 is 0 Å². The largest absolute Gasteiger partial charge is 0.417 e. The standard InChI is InChI=1S/C26H35N3O/c1-20(2)9-6-10-21(3)11-7-12-22(4)13-8-14-23(5)19-25-28-29-26(30-25)24-15-17-27-18-16-24/h9,11,13,15-19H,6-8,10,12,14H2,1-5H3/b21-11+,22-13+,23-19+. The number of hydrogen-bond donors (Lipinski definition) is 0. The lowest BCUT2D eigenvalue weighted by Crippen LogP contribution is -1.82. The quantitative estimate of drug-likeness (QED) is 0.359. The summed E-state index contributed by atoms with van der Waals surface area (Å²) in [5.74, 6) is 1.07. The lowest BCUT2D eigenvalue weighted by Gasteiger charge is -2.02. The van der Waals surface area contributed by atoms with Crippen LogP contribution in [0.15, 0.2) is 69.5 Å². The molecular weight excluding hydrogens is 370 g/mol. The van der Waals surface area contributed by atoms with Gasteiger partial charge in [-0.25, -0.2) is 0 Å². The molecule has 0 saturated carbocycles. The van der Waals surface area contributed by atoms with E-state index < -0.39 is 0 Å². The van der Waals surface area contributed by atoms with Crippen LogP contribution in [0.2, 0.25) is 0 Å². The van der Waals surface area contributed by atoms with Crippen LogP contribution in [0.1, 0.15) is 79.0 Å². The summed E-state index contributed by atoms with van der Waals surface area (Å²) in [5, 5.41) is 8.24. The molecule has 0 spiro atoms. The van der Waals surface area contributed by atoms with Crippen molar-refractivity contribution in [1.82, 2.24) is 15.2 Å². The second-order valence-corrected chi connectivity index (χ2v) is 8.17. The minimum atomic E-state index is 0.524. The van der Waals surface area contributed by atoms with E-state index in [0.29, 0.717) is 11.8 Å². The first kappa shape index (κ1) is 23.5. The summed E-state index contributed by atoms with van der Waals surface area (Å²) >= 11 is 0. The van der Waals surface area contributed by atoms with Crippen LogP contribution in [0.3, 0.4) is 0 Å². The van der Waals surface area contributed by atoms with Crippen molar-refractivity contribution < 1.29 is 4.42 Å². The number of hydrogen-bond acceptors (Lipinski definition) is 4. The van der Waals surface area contributed by atoms with E-state index in [1.54, 1.807) is 12.4 Å². The van der Waals surface area contributed by atoms with Gasteiger partial charge in [0.1, 0.15) is 0 Å². The first-order valence-electron chi connectivity index (χ1n) is 10.8. The van der Waals surface area contributed by atoms with E-state index in [1.807, 2.05) is 18.2 Å². The maximum Gasteiger partial charge on any atom is 0.248 e. The number of allylic oxidation sites excluding steroid dienone is 7. The summed E-state index contributed by atoms with van der Waals surface area (Å²) in [4.78, 5) is 4.01. The average Bonchev–Trinajstić information content (AvgIpc) is 3.17. The molecule has 2 aromatic rings. The maximum absolute atomic E-state index is 5.73. The predicted molar refractivity (Wildman–Crippen MR) is 126 cm³/mol. The van der Waals surface area contributed by atoms with Gasteiger partial charge in [0, 0.05) is 24.0 Å². The molecule has 0 aromatic carbocycles. The molecule has 0 amide bonds. The molecule has 0 aliphatic heterocycles. The van der Waals surface area contributed by atoms with Gasteiger partial charge in [0.15, 0.2) is 0 Å². The van der Waals surface area contributed by atoms with Crippen molar-refractivity contribution in [2.75, 3.05) is 0 Å². The van der Waals surface area contributed by atoms with Crippen molar-refractivity contribution in [2.24, 2.45) is 0 Å². The van der Waals surface area contributed by atoms with Gasteiger partial charge in [-0.05, 0) is 85.3 Å². The van der Waals surface area contributed by atoms with Gasteiger partial charge in [-0.2, -0.15) is 0 Å². The highest BCUT2D eigenvalue weighted by atomic mass is 16.4. The Labute approximate surface area is 181 Å². The first-order chi connectivity index (χ1) is 14.4. The number of rotatable bonds is 11. The SMILES string of the molecule is CC(C)=CCC/C(C)=C/CC/C(C)=C/CC/C(C)=C/c1nnc(-c2ccncc2)o1. The second-order valence-electron chi connectivity index (χ2n) is 8.17. The zero-order valence-electron chi connectivity index (χ0n) is 19.1. The van der Waals surface area contributed by atoms with E-state index in [9.17, 15) is 0 Å². The molecule has 0 aliphatic carbocycles. The molecule has 0 unspecified atom stereocenters. The molecule has 0 bridgehead atoms. The molecule has 0 N–H and O–H groups in total. The topological polar surface area (TPSA) is 51.8 Å². The van der Waals surface area contributed by atoms with Gasteiger partial charge in [0.25, 0.3) is 0 Å². The van der Waals surface area contributed by atoms with Crippen LogP contribution in [-0.4, -0.2) is 15.2 Å². The Balaban J connectivity index is 1.75. The fourth-order valence-corrected chi connectivity index (χ4v) is 3.07. The van der Waals surface area contributed by atoms with Gasteiger partial charge in [-0.15, -0.1) is 10.2 Å².